The fourth-order valence-corrected chi connectivity index (χ4v) is 4.96. The standard InChI is InChI=1S/C29H30F5N7O2/c1-18(40-7-9-41(10-8-40)27(42)15-29(32,33)34)19-5-6-35-21(11-19)13-25-38-22-4-3-20(12-24(22)39-25)23-14-26(37-17-36-23)43-16-28(2,30)31/h3-6,11-12,14,17-18H,7-10,13,15-16H2,1-2H3,(H,38,39). The van der Waals surface area contributed by atoms with Gasteiger partial charge < -0.3 is 14.6 Å². The monoisotopic (exact) mass is 603 g/mol. The van der Waals surface area contributed by atoms with Crippen molar-refractivity contribution in [1.82, 2.24) is 34.7 Å². The average Bonchev–Trinajstić information content (AvgIpc) is 3.36. The first kappa shape index (κ1) is 30.3. The number of hydrogen-bond donors (Lipinski definition) is 1. The van der Waals surface area contributed by atoms with E-state index in [1.54, 1.807) is 6.20 Å². The molecular weight excluding hydrogens is 573 g/mol. The molecule has 43 heavy (non-hydrogen) atoms. The Balaban J connectivity index is 1.23. The lowest BCUT2D eigenvalue weighted by Gasteiger charge is -2.38. The number of rotatable bonds is 9. The zero-order chi connectivity index (χ0) is 30.8. The Bertz CT molecular complexity index is 1580. The molecule has 0 radical (unpaired) electrons. The highest BCUT2D eigenvalue weighted by Gasteiger charge is 2.35. The molecule has 1 fully saturated rings. The van der Waals surface area contributed by atoms with Crippen molar-refractivity contribution in [3.63, 3.8) is 0 Å². The molecule has 1 amide bonds. The number of H-pyrrole nitrogens is 1. The molecule has 4 heterocycles. The van der Waals surface area contributed by atoms with Gasteiger partial charge in [0.05, 0.1) is 16.7 Å². The van der Waals surface area contributed by atoms with Gasteiger partial charge in [-0.25, -0.2) is 23.7 Å². The van der Waals surface area contributed by atoms with Crippen molar-refractivity contribution in [2.75, 3.05) is 32.8 Å². The number of nitrogens with zero attached hydrogens (tertiary/aromatic N) is 6. The Morgan fingerprint density at radius 3 is 2.51 bits per heavy atom. The Labute approximate surface area is 244 Å². The molecule has 1 aliphatic heterocycles. The van der Waals surface area contributed by atoms with E-state index < -0.39 is 31.0 Å². The number of alkyl halides is 5. The number of amides is 1. The number of nitrogens with one attached hydrogen (secondary N) is 1. The third-order valence-electron chi connectivity index (χ3n) is 7.18. The predicted molar refractivity (Wildman–Crippen MR) is 148 cm³/mol. The van der Waals surface area contributed by atoms with Crippen LogP contribution in [0.2, 0.25) is 0 Å². The fraction of sp³-hybridized carbons (Fsp3) is 0.414. The summed E-state index contributed by atoms with van der Waals surface area (Å²) >= 11 is 0. The van der Waals surface area contributed by atoms with E-state index in [-0.39, 0.29) is 25.0 Å². The molecule has 0 spiro atoms. The number of carbonyl (C=O) groups excluding carboxylic acids is 1. The van der Waals surface area contributed by atoms with Gasteiger partial charge in [-0.1, -0.05) is 6.07 Å². The minimum atomic E-state index is -4.51. The van der Waals surface area contributed by atoms with E-state index in [9.17, 15) is 26.7 Å². The number of pyridine rings is 1. The summed E-state index contributed by atoms with van der Waals surface area (Å²) in [4.78, 5) is 35.9. The van der Waals surface area contributed by atoms with Crippen LogP contribution in [0.3, 0.4) is 0 Å². The number of aromatic amines is 1. The van der Waals surface area contributed by atoms with E-state index in [4.69, 9.17) is 4.74 Å². The molecule has 1 aromatic carbocycles. The minimum absolute atomic E-state index is 0.0230. The number of carbonyl (C=O) groups is 1. The quantitative estimate of drug-likeness (QED) is 0.263. The maximum absolute atomic E-state index is 13.2. The summed E-state index contributed by atoms with van der Waals surface area (Å²) in [6.45, 7) is 3.44. The number of fused-ring (bicyclic) bond motifs is 1. The number of ether oxygens (including phenoxy) is 1. The molecule has 1 atom stereocenters. The van der Waals surface area contributed by atoms with Crippen molar-refractivity contribution in [1.29, 1.82) is 0 Å². The van der Waals surface area contributed by atoms with Gasteiger partial charge in [0.25, 0.3) is 5.92 Å². The maximum Gasteiger partial charge on any atom is 0.397 e. The van der Waals surface area contributed by atoms with Crippen molar-refractivity contribution in [3.8, 4) is 17.1 Å². The molecule has 4 aromatic rings. The number of halogens is 5. The molecule has 0 bridgehead atoms. The Hall–Kier alpha value is -4.20. The molecule has 1 unspecified atom stereocenters. The second kappa shape index (κ2) is 12.2. The summed E-state index contributed by atoms with van der Waals surface area (Å²) in [5, 5.41) is 0. The lowest BCUT2D eigenvalue weighted by molar-refractivity contribution is -0.162. The van der Waals surface area contributed by atoms with E-state index in [1.165, 1.54) is 17.3 Å². The van der Waals surface area contributed by atoms with Crippen LogP contribution in [0.4, 0.5) is 22.0 Å². The highest BCUT2D eigenvalue weighted by Crippen LogP contribution is 2.27. The Morgan fingerprint density at radius 2 is 1.79 bits per heavy atom. The van der Waals surface area contributed by atoms with Crippen LogP contribution >= 0.6 is 0 Å². The number of imidazole rings is 1. The molecule has 1 N–H and O–H groups in total. The van der Waals surface area contributed by atoms with Crippen LogP contribution < -0.4 is 4.74 Å². The summed E-state index contributed by atoms with van der Waals surface area (Å²) in [5.74, 6) is -3.13. The Kier molecular flexibility index (Phi) is 8.58. The largest absolute Gasteiger partial charge is 0.471 e. The highest BCUT2D eigenvalue weighted by atomic mass is 19.4. The van der Waals surface area contributed by atoms with Crippen molar-refractivity contribution in [3.05, 3.63) is 66.0 Å². The number of piperazine rings is 1. The third-order valence-corrected chi connectivity index (χ3v) is 7.18. The average molecular weight is 604 g/mol. The predicted octanol–water partition coefficient (Wildman–Crippen LogP) is 5.20. The first-order valence-corrected chi connectivity index (χ1v) is 13.7. The molecule has 5 rings (SSSR count). The van der Waals surface area contributed by atoms with Gasteiger partial charge in [0.15, 0.2) is 6.61 Å². The number of aromatic nitrogens is 5. The topological polar surface area (TPSA) is 100 Å². The first-order valence-electron chi connectivity index (χ1n) is 13.7. The fourth-order valence-electron chi connectivity index (χ4n) is 4.96. The summed E-state index contributed by atoms with van der Waals surface area (Å²) in [6, 6.07) is 10.9. The first-order chi connectivity index (χ1) is 20.3. The zero-order valence-corrected chi connectivity index (χ0v) is 23.5. The zero-order valence-electron chi connectivity index (χ0n) is 23.5. The maximum atomic E-state index is 13.2. The SMILES string of the molecule is CC(c1ccnc(Cc2nc3ccc(-c4cc(OCC(C)(F)F)ncn4)cc3[nH]2)c1)N1CCN(C(=O)CC(F)(F)F)CC1. The minimum Gasteiger partial charge on any atom is -0.471 e. The van der Waals surface area contributed by atoms with Crippen LogP contribution in [0.1, 0.15) is 43.4 Å². The van der Waals surface area contributed by atoms with E-state index in [0.29, 0.717) is 31.0 Å². The molecule has 0 saturated carbocycles. The van der Waals surface area contributed by atoms with Gasteiger partial charge in [-0.2, -0.15) is 13.2 Å². The lowest BCUT2D eigenvalue weighted by atomic mass is 10.1. The summed E-state index contributed by atoms with van der Waals surface area (Å²) < 4.78 is 69.2. The van der Waals surface area contributed by atoms with Crippen LogP contribution in [0.25, 0.3) is 22.3 Å². The molecule has 1 saturated heterocycles. The lowest BCUT2D eigenvalue weighted by Crippen LogP contribution is -2.50. The third kappa shape index (κ3) is 8.00. The van der Waals surface area contributed by atoms with Crippen LogP contribution in [-0.2, 0) is 11.2 Å². The molecule has 14 heteroatoms. The second-order valence-electron chi connectivity index (χ2n) is 10.7. The molecule has 1 aliphatic rings. The van der Waals surface area contributed by atoms with Gasteiger partial charge in [-0.05, 0) is 36.8 Å². The second-order valence-corrected chi connectivity index (χ2v) is 10.7. The van der Waals surface area contributed by atoms with Crippen molar-refractivity contribution >= 4 is 16.9 Å². The summed E-state index contributed by atoms with van der Waals surface area (Å²) in [5.41, 5.74) is 4.52. The van der Waals surface area contributed by atoms with E-state index in [1.807, 2.05) is 37.3 Å². The summed E-state index contributed by atoms with van der Waals surface area (Å²) in [7, 11) is 0. The van der Waals surface area contributed by atoms with Gasteiger partial charge >= 0.3 is 6.18 Å². The van der Waals surface area contributed by atoms with Crippen molar-refractivity contribution < 1.29 is 31.5 Å². The highest BCUT2D eigenvalue weighted by molar-refractivity contribution is 5.81. The van der Waals surface area contributed by atoms with E-state index >= 15 is 0 Å². The number of hydrogen-bond acceptors (Lipinski definition) is 7. The van der Waals surface area contributed by atoms with Crippen molar-refractivity contribution in [2.24, 2.45) is 0 Å². The van der Waals surface area contributed by atoms with Crippen LogP contribution in [0.15, 0.2) is 48.9 Å². The van der Waals surface area contributed by atoms with E-state index in [0.717, 1.165) is 34.8 Å². The van der Waals surface area contributed by atoms with Gasteiger partial charge in [0.1, 0.15) is 18.6 Å². The van der Waals surface area contributed by atoms with Crippen LogP contribution in [0.5, 0.6) is 5.88 Å². The Morgan fingerprint density at radius 1 is 1.02 bits per heavy atom. The van der Waals surface area contributed by atoms with Crippen LogP contribution in [0, 0.1) is 0 Å². The van der Waals surface area contributed by atoms with Crippen LogP contribution in [-0.4, -0.2) is 85.5 Å². The van der Waals surface area contributed by atoms with Gasteiger partial charge in [0, 0.05) is 69.1 Å². The normalized spacial score (nSPS) is 15.6. The smallest absolute Gasteiger partial charge is 0.397 e. The molecule has 0 aliphatic carbocycles. The van der Waals surface area contributed by atoms with Gasteiger partial charge in [-0.15, -0.1) is 0 Å². The number of benzene rings is 1. The van der Waals surface area contributed by atoms with E-state index in [2.05, 4.69) is 29.8 Å². The summed E-state index contributed by atoms with van der Waals surface area (Å²) in [6.07, 6.45) is -2.53. The molecular formula is C29H30F5N7O2. The van der Waals surface area contributed by atoms with Gasteiger partial charge in [0.2, 0.25) is 11.8 Å². The van der Waals surface area contributed by atoms with Gasteiger partial charge in [-0.3, -0.25) is 14.7 Å². The van der Waals surface area contributed by atoms with Crippen molar-refractivity contribution in [2.45, 2.75) is 44.8 Å². The molecule has 228 valence electrons. The molecule has 3 aromatic heterocycles. The molecule has 9 nitrogen and oxygen atoms in total.